The van der Waals surface area contributed by atoms with Gasteiger partial charge in [0.05, 0.1) is 16.4 Å². The molecule has 3 rings (SSSR count). The average Bonchev–Trinajstić information content (AvgIpc) is 3.32. The van der Waals surface area contributed by atoms with Gasteiger partial charge in [-0.05, 0) is 73.4 Å². The summed E-state index contributed by atoms with van der Waals surface area (Å²) in [6.07, 6.45) is 4.46. The fourth-order valence-electron chi connectivity index (χ4n) is 3.34. The molecule has 2 heterocycles. The number of hydrogen-bond acceptors (Lipinski definition) is 5. The van der Waals surface area contributed by atoms with Gasteiger partial charge >= 0.3 is 6.09 Å². The average molecular weight is 465 g/mol. The van der Waals surface area contributed by atoms with Crippen molar-refractivity contribution in [3.8, 4) is 17.0 Å². The molecule has 0 saturated carbocycles. The Morgan fingerprint density at radius 3 is 2.76 bits per heavy atom. The van der Waals surface area contributed by atoms with Gasteiger partial charge in [-0.15, -0.1) is 0 Å². The third kappa shape index (κ3) is 5.73. The summed E-state index contributed by atoms with van der Waals surface area (Å²) in [6.45, 7) is 7.66. The lowest BCUT2D eigenvalue weighted by molar-refractivity contribution is 0.118. The van der Waals surface area contributed by atoms with Crippen LogP contribution >= 0.6 is 15.9 Å². The molecule has 1 aromatic heterocycles. The van der Waals surface area contributed by atoms with Gasteiger partial charge in [0.15, 0.2) is 0 Å². The predicted octanol–water partition coefficient (Wildman–Crippen LogP) is 4.67. The van der Waals surface area contributed by atoms with Gasteiger partial charge in [-0.2, -0.15) is 5.10 Å². The van der Waals surface area contributed by atoms with E-state index in [1.165, 1.54) is 12.8 Å². The van der Waals surface area contributed by atoms with E-state index >= 15 is 0 Å². The zero-order chi connectivity index (χ0) is 20.8. The first-order chi connectivity index (χ1) is 14.0. The first-order valence-corrected chi connectivity index (χ1v) is 10.9. The topological polar surface area (TPSA) is 68.6 Å². The number of benzene rings is 1. The quantitative estimate of drug-likeness (QED) is 0.614. The highest BCUT2D eigenvalue weighted by Crippen LogP contribution is 2.36. The Labute approximate surface area is 180 Å². The number of anilines is 1. The Morgan fingerprint density at radius 1 is 1.34 bits per heavy atom. The summed E-state index contributed by atoms with van der Waals surface area (Å²) < 4.78 is 14.1. The Balaban J connectivity index is 1.78. The van der Waals surface area contributed by atoms with Crippen molar-refractivity contribution in [1.29, 1.82) is 0 Å². The molecule has 1 saturated heterocycles. The van der Waals surface area contributed by atoms with E-state index in [-0.39, 0.29) is 6.10 Å². The smallest absolute Gasteiger partial charge is 0.411 e. The summed E-state index contributed by atoms with van der Waals surface area (Å²) in [4.78, 5) is 14.5. The second-order valence-corrected chi connectivity index (χ2v) is 8.18. The van der Waals surface area contributed by atoms with Crippen molar-refractivity contribution in [3.05, 3.63) is 28.9 Å². The number of carbonyl (C=O) groups excluding carboxylic acids is 1. The van der Waals surface area contributed by atoms with E-state index in [1.54, 1.807) is 10.9 Å². The van der Waals surface area contributed by atoms with Crippen molar-refractivity contribution in [2.24, 2.45) is 7.05 Å². The van der Waals surface area contributed by atoms with Gasteiger partial charge in [0.25, 0.3) is 0 Å². The summed E-state index contributed by atoms with van der Waals surface area (Å²) >= 11 is 3.57. The first-order valence-electron chi connectivity index (χ1n) is 10.1. The monoisotopic (exact) mass is 464 g/mol. The summed E-state index contributed by atoms with van der Waals surface area (Å²) in [6, 6.07) is 5.61. The molecule has 8 heteroatoms. The van der Waals surface area contributed by atoms with Gasteiger partial charge in [-0.1, -0.05) is 6.92 Å². The molecule has 0 spiro atoms. The fraction of sp³-hybridized carbons (Fsp3) is 0.524. The standard InChI is InChI=1S/C21H29BrN4O3/c1-4-15(2)29-21(27)24-16-7-8-19(28-12-11-26-9-5-6-10-26)17(13-16)20-18(22)14-23-25(20)3/h7-8,13-15H,4-6,9-12H2,1-3H3,(H,24,27). The highest BCUT2D eigenvalue weighted by molar-refractivity contribution is 9.10. The fourth-order valence-corrected chi connectivity index (χ4v) is 3.90. The molecule has 1 aliphatic rings. The van der Waals surface area contributed by atoms with Crippen LogP contribution in [0.2, 0.25) is 0 Å². The van der Waals surface area contributed by atoms with Crippen molar-refractivity contribution in [2.45, 2.75) is 39.2 Å². The Kier molecular flexibility index (Phi) is 7.55. The lowest BCUT2D eigenvalue weighted by atomic mass is 10.1. The summed E-state index contributed by atoms with van der Waals surface area (Å²) in [7, 11) is 1.88. The Morgan fingerprint density at radius 2 is 2.10 bits per heavy atom. The predicted molar refractivity (Wildman–Crippen MR) is 117 cm³/mol. The van der Waals surface area contributed by atoms with E-state index in [0.717, 1.165) is 47.5 Å². The van der Waals surface area contributed by atoms with E-state index < -0.39 is 6.09 Å². The lowest BCUT2D eigenvalue weighted by Gasteiger charge is -2.18. The maximum Gasteiger partial charge on any atom is 0.411 e. The Hall–Kier alpha value is -2.06. The molecule has 1 amide bonds. The van der Waals surface area contributed by atoms with E-state index in [4.69, 9.17) is 9.47 Å². The maximum absolute atomic E-state index is 12.1. The van der Waals surface area contributed by atoms with Crippen LogP contribution in [0, 0.1) is 0 Å². The molecule has 1 N–H and O–H groups in total. The van der Waals surface area contributed by atoms with Gasteiger partial charge < -0.3 is 9.47 Å². The van der Waals surface area contributed by atoms with E-state index in [1.807, 2.05) is 39.1 Å². The molecule has 1 fully saturated rings. The van der Waals surface area contributed by atoms with Gasteiger partial charge in [0, 0.05) is 24.8 Å². The number of halogens is 1. The summed E-state index contributed by atoms with van der Waals surface area (Å²) in [5, 5.41) is 7.12. The minimum absolute atomic E-state index is 0.131. The van der Waals surface area contributed by atoms with Crippen LogP contribution in [-0.4, -0.2) is 53.1 Å². The normalized spacial score (nSPS) is 15.3. The van der Waals surface area contributed by atoms with E-state index in [9.17, 15) is 4.79 Å². The first kappa shape index (κ1) is 21.6. The highest BCUT2D eigenvalue weighted by atomic mass is 79.9. The third-order valence-corrected chi connectivity index (χ3v) is 5.70. The number of ether oxygens (including phenoxy) is 2. The van der Waals surface area contributed by atoms with Crippen molar-refractivity contribution >= 4 is 27.7 Å². The molecule has 0 bridgehead atoms. The van der Waals surface area contributed by atoms with Gasteiger partial charge in [0.2, 0.25) is 0 Å². The van der Waals surface area contributed by atoms with Crippen LogP contribution < -0.4 is 10.1 Å². The number of likely N-dealkylation sites (tertiary alicyclic amines) is 1. The number of hydrogen-bond donors (Lipinski definition) is 1. The second-order valence-electron chi connectivity index (χ2n) is 7.32. The molecule has 1 aromatic carbocycles. The van der Waals surface area contributed by atoms with Crippen LogP contribution in [0.4, 0.5) is 10.5 Å². The third-order valence-electron chi connectivity index (χ3n) is 5.12. The molecule has 1 atom stereocenters. The zero-order valence-electron chi connectivity index (χ0n) is 17.3. The summed E-state index contributed by atoms with van der Waals surface area (Å²) in [5.74, 6) is 0.759. The number of nitrogens with one attached hydrogen (secondary N) is 1. The molecule has 7 nitrogen and oxygen atoms in total. The molecule has 29 heavy (non-hydrogen) atoms. The maximum atomic E-state index is 12.1. The van der Waals surface area contributed by atoms with Gasteiger partial charge in [0.1, 0.15) is 18.5 Å². The highest BCUT2D eigenvalue weighted by Gasteiger charge is 2.18. The van der Waals surface area contributed by atoms with Crippen molar-refractivity contribution < 1.29 is 14.3 Å². The largest absolute Gasteiger partial charge is 0.492 e. The number of carbonyl (C=O) groups is 1. The molecular formula is C21H29BrN4O3. The zero-order valence-corrected chi connectivity index (χ0v) is 18.9. The second kappa shape index (κ2) is 10.1. The molecule has 2 aromatic rings. The van der Waals surface area contributed by atoms with Crippen molar-refractivity contribution in [2.75, 3.05) is 31.6 Å². The van der Waals surface area contributed by atoms with Crippen LogP contribution in [0.3, 0.4) is 0 Å². The van der Waals surface area contributed by atoms with Crippen molar-refractivity contribution in [3.63, 3.8) is 0 Å². The SMILES string of the molecule is CCC(C)OC(=O)Nc1ccc(OCCN2CCCC2)c(-c2c(Br)cnn2C)c1. The lowest BCUT2D eigenvalue weighted by Crippen LogP contribution is -2.25. The number of aromatic nitrogens is 2. The van der Waals surface area contributed by atoms with Crippen LogP contribution in [0.1, 0.15) is 33.1 Å². The molecule has 1 unspecified atom stereocenters. The van der Waals surface area contributed by atoms with Crippen LogP contribution in [-0.2, 0) is 11.8 Å². The van der Waals surface area contributed by atoms with Crippen LogP contribution in [0.25, 0.3) is 11.3 Å². The van der Waals surface area contributed by atoms with E-state index in [2.05, 4.69) is 31.2 Å². The molecule has 1 aliphatic heterocycles. The molecule has 0 aliphatic carbocycles. The number of rotatable bonds is 8. The van der Waals surface area contributed by atoms with Crippen LogP contribution in [0.15, 0.2) is 28.9 Å². The minimum Gasteiger partial charge on any atom is -0.492 e. The summed E-state index contributed by atoms with van der Waals surface area (Å²) in [5.41, 5.74) is 2.40. The number of aryl methyl sites for hydroxylation is 1. The van der Waals surface area contributed by atoms with Crippen LogP contribution in [0.5, 0.6) is 5.75 Å². The van der Waals surface area contributed by atoms with Gasteiger partial charge in [-0.3, -0.25) is 14.9 Å². The van der Waals surface area contributed by atoms with Crippen molar-refractivity contribution in [1.82, 2.24) is 14.7 Å². The molecule has 0 radical (unpaired) electrons. The molecular weight excluding hydrogens is 436 g/mol. The van der Waals surface area contributed by atoms with Gasteiger partial charge in [-0.25, -0.2) is 4.79 Å². The Bertz CT molecular complexity index is 814. The minimum atomic E-state index is -0.461. The van der Waals surface area contributed by atoms with E-state index in [0.29, 0.717) is 12.3 Å². The number of amides is 1. The number of nitrogens with zero attached hydrogens (tertiary/aromatic N) is 3. The molecule has 158 valence electrons.